The molecule has 0 saturated heterocycles. The normalized spacial score (nSPS) is 12.3. The van der Waals surface area contributed by atoms with E-state index in [1.165, 1.54) is 16.7 Å². The van der Waals surface area contributed by atoms with Crippen LogP contribution in [-0.4, -0.2) is 11.5 Å². The average Bonchev–Trinajstić information content (AvgIpc) is 2.52. The fourth-order valence-corrected chi connectivity index (χ4v) is 2.41. The number of nitrogens with zero attached hydrogens (tertiary/aromatic N) is 1. The number of hydrogen-bond donors (Lipinski definition) is 1. The Bertz CT molecular complexity index is 508. The molecule has 2 heteroatoms. The zero-order valence-electron chi connectivity index (χ0n) is 12.5. The monoisotopic (exact) mass is 268 g/mol. The van der Waals surface area contributed by atoms with Crippen LogP contribution in [0.15, 0.2) is 48.8 Å². The van der Waals surface area contributed by atoms with E-state index in [9.17, 15) is 0 Å². The first-order valence-electron chi connectivity index (χ1n) is 7.54. The van der Waals surface area contributed by atoms with Crippen LogP contribution in [0.2, 0.25) is 0 Å². The predicted octanol–water partition coefficient (Wildman–Crippen LogP) is 3.93. The lowest BCUT2D eigenvalue weighted by Crippen LogP contribution is -2.24. The van der Waals surface area contributed by atoms with E-state index in [-0.39, 0.29) is 0 Å². The molecule has 1 N–H and O–H groups in total. The molecule has 2 rings (SSSR count). The number of nitrogens with one attached hydrogen (secondary N) is 1. The van der Waals surface area contributed by atoms with Crippen molar-refractivity contribution in [3.63, 3.8) is 0 Å². The van der Waals surface area contributed by atoms with Gasteiger partial charge in [-0.15, -0.1) is 0 Å². The van der Waals surface area contributed by atoms with E-state index in [4.69, 9.17) is 0 Å². The van der Waals surface area contributed by atoms with Crippen LogP contribution < -0.4 is 5.32 Å². The number of aryl methyl sites for hydroxylation is 1. The Morgan fingerprint density at radius 1 is 1.05 bits per heavy atom. The molecular formula is C18H24N2. The van der Waals surface area contributed by atoms with Crippen molar-refractivity contribution in [1.82, 2.24) is 10.3 Å². The highest BCUT2D eigenvalue weighted by Crippen LogP contribution is 2.19. The standard InChI is InChI=1S/C18H24N2/c1-3-10-20-18(14-16-8-11-19-12-9-16)17-7-5-6-15(4-2)13-17/h5-9,11-13,18,20H,3-4,10,14H2,1-2H3. The van der Waals surface area contributed by atoms with Crippen molar-refractivity contribution in [1.29, 1.82) is 0 Å². The van der Waals surface area contributed by atoms with Crippen molar-refractivity contribution in [2.24, 2.45) is 0 Å². The van der Waals surface area contributed by atoms with Crippen LogP contribution in [0, 0.1) is 0 Å². The second-order valence-electron chi connectivity index (χ2n) is 5.16. The molecule has 2 nitrogen and oxygen atoms in total. The maximum absolute atomic E-state index is 4.09. The molecule has 2 aromatic rings. The summed E-state index contributed by atoms with van der Waals surface area (Å²) in [6.07, 6.45) is 6.99. The second kappa shape index (κ2) is 7.81. The second-order valence-corrected chi connectivity index (χ2v) is 5.16. The molecule has 0 amide bonds. The number of rotatable bonds is 7. The number of benzene rings is 1. The molecule has 1 atom stereocenters. The molecule has 0 aliphatic carbocycles. The molecule has 1 aromatic carbocycles. The van der Waals surface area contributed by atoms with Gasteiger partial charge in [-0.25, -0.2) is 0 Å². The van der Waals surface area contributed by atoms with E-state index in [2.05, 4.69) is 60.5 Å². The van der Waals surface area contributed by atoms with Crippen molar-refractivity contribution in [2.45, 2.75) is 39.2 Å². The third-order valence-electron chi connectivity index (χ3n) is 3.59. The highest BCUT2D eigenvalue weighted by molar-refractivity contribution is 5.28. The fraction of sp³-hybridized carbons (Fsp3) is 0.389. The first-order valence-corrected chi connectivity index (χ1v) is 7.54. The average molecular weight is 268 g/mol. The maximum atomic E-state index is 4.09. The van der Waals surface area contributed by atoms with Gasteiger partial charge in [-0.2, -0.15) is 0 Å². The molecule has 1 heterocycles. The molecule has 0 aliphatic heterocycles. The van der Waals surface area contributed by atoms with Crippen LogP contribution >= 0.6 is 0 Å². The summed E-state index contributed by atoms with van der Waals surface area (Å²) in [5.41, 5.74) is 4.12. The summed E-state index contributed by atoms with van der Waals surface area (Å²) in [7, 11) is 0. The molecule has 0 fully saturated rings. The molecule has 0 spiro atoms. The van der Waals surface area contributed by atoms with Gasteiger partial charge in [-0.1, -0.05) is 38.1 Å². The smallest absolute Gasteiger partial charge is 0.0360 e. The minimum atomic E-state index is 0.379. The van der Waals surface area contributed by atoms with Crippen LogP contribution in [0.4, 0.5) is 0 Å². The third-order valence-corrected chi connectivity index (χ3v) is 3.59. The number of pyridine rings is 1. The van der Waals surface area contributed by atoms with E-state index in [1.54, 1.807) is 0 Å². The summed E-state index contributed by atoms with van der Waals surface area (Å²) in [6, 6.07) is 13.5. The molecule has 0 saturated carbocycles. The molecule has 1 aromatic heterocycles. The summed E-state index contributed by atoms with van der Waals surface area (Å²) >= 11 is 0. The summed E-state index contributed by atoms with van der Waals surface area (Å²) in [5, 5.41) is 3.67. The van der Waals surface area contributed by atoms with Gasteiger partial charge in [0, 0.05) is 18.4 Å². The Morgan fingerprint density at radius 2 is 1.85 bits per heavy atom. The molecule has 106 valence electrons. The quantitative estimate of drug-likeness (QED) is 0.823. The molecular weight excluding hydrogens is 244 g/mol. The minimum Gasteiger partial charge on any atom is -0.310 e. The van der Waals surface area contributed by atoms with Gasteiger partial charge >= 0.3 is 0 Å². The topological polar surface area (TPSA) is 24.9 Å². The van der Waals surface area contributed by atoms with Crippen molar-refractivity contribution < 1.29 is 0 Å². The van der Waals surface area contributed by atoms with Crippen LogP contribution in [0.1, 0.15) is 43.0 Å². The number of aromatic nitrogens is 1. The van der Waals surface area contributed by atoms with Gasteiger partial charge in [0.15, 0.2) is 0 Å². The largest absolute Gasteiger partial charge is 0.310 e. The Balaban J connectivity index is 2.17. The van der Waals surface area contributed by atoms with E-state index in [0.717, 1.165) is 25.8 Å². The van der Waals surface area contributed by atoms with Crippen LogP contribution in [0.5, 0.6) is 0 Å². The Kier molecular flexibility index (Phi) is 5.75. The first kappa shape index (κ1) is 14.7. The van der Waals surface area contributed by atoms with Gasteiger partial charge < -0.3 is 5.32 Å². The highest BCUT2D eigenvalue weighted by Gasteiger charge is 2.11. The highest BCUT2D eigenvalue weighted by atomic mass is 14.9. The van der Waals surface area contributed by atoms with Gasteiger partial charge in [0.05, 0.1) is 0 Å². The van der Waals surface area contributed by atoms with Crippen molar-refractivity contribution in [2.75, 3.05) is 6.54 Å². The Hall–Kier alpha value is -1.67. The lowest BCUT2D eigenvalue weighted by Gasteiger charge is -2.20. The third kappa shape index (κ3) is 4.17. The van der Waals surface area contributed by atoms with Gasteiger partial charge in [-0.05, 0) is 54.6 Å². The molecule has 0 bridgehead atoms. The number of hydrogen-bond acceptors (Lipinski definition) is 2. The molecule has 0 aliphatic rings. The zero-order chi connectivity index (χ0) is 14.2. The lowest BCUT2D eigenvalue weighted by atomic mass is 9.97. The van der Waals surface area contributed by atoms with Gasteiger partial charge in [0.2, 0.25) is 0 Å². The SMILES string of the molecule is CCCNC(Cc1ccncc1)c1cccc(CC)c1. The lowest BCUT2D eigenvalue weighted by molar-refractivity contribution is 0.528. The Morgan fingerprint density at radius 3 is 2.55 bits per heavy atom. The molecule has 0 radical (unpaired) electrons. The predicted molar refractivity (Wildman–Crippen MR) is 84.8 cm³/mol. The summed E-state index contributed by atoms with van der Waals surface area (Å²) in [4.78, 5) is 4.09. The zero-order valence-corrected chi connectivity index (χ0v) is 12.5. The van der Waals surface area contributed by atoms with E-state index >= 15 is 0 Å². The van der Waals surface area contributed by atoms with E-state index < -0.39 is 0 Å². The van der Waals surface area contributed by atoms with Crippen molar-refractivity contribution in [3.05, 3.63) is 65.5 Å². The van der Waals surface area contributed by atoms with Crippen LogP contribution in [0.25, 0.3) is 0 Å². The summed E-state index contributed by atoms with van der Waals surface area (Å²) in [6.45, 7) is 5.46. The van der Waals surface area contributed by atoms with Crippen molar-refractivity contribution in [3.8, 4) is 0 Å². The first-order chi connectivity index (χ1) is 9.83. The maximum Gasteiger partial charge on any atom is 0.0360 e. The van der Waals surface area contributed by atoms with E-state index in [0.29, 0.717) is 6.04 Å². The van der Waals surface area contributed by atoms with E-state index in [1.807, 2.05) is 12.4 Å². The van der Waals surface area contributed by atoms with Crippen LogP contribution in [-0.2, 0) is 12.8 Å². The summed E-state index contributed by atoms with van der Waals surface area (Å²) in [5.74, 6) is 0. The van der Waals surface area contributed by atoms with Crippen molar-refractivity contribution >= 4 is 0 Å². The fourth-order valence-electron chi connectivity index (χ4n) is 2.41. The minimum absolute atomic E-state index is 0.379. The summed E-state index contributed by atoms with van der Waals surface area (Å²) < 4.78 is 0. The van der Waals surface area contributed by atoms with Crippen LogP contribution in [0.3, 0.4) is 0 Å². The molecule has 1 unspecified atom stereocenters. The van der Waals surface area contributed by atoms with Gasteiger partial charge in [0.1, 0.15) is 0 Å². The Labute approximate surface area is 122 Å². The van der Waals surface area contributed by atoms with Gasteiger partial charge in [-0.3, -0.25) is 4.98 Å². The molecule has 20 heavy (non-hydrogen) atoms. The van der Waals surface area contributed by atoms with Gasteiger partial charge in [0.25, 0.3) is 0 Å².